The summed E-state index contributed by atoms with van der Waals surface area (Å²) < 4.78 is 2.17. The molecule has 140 valence electrons. The Morgan fingerprint density at radius 2 is 1.96 bits per heavy atom. The van der Waals surface area contributed by atoms with Gasteiger partial charge in [0.2, 0.25) is 5.91 Å². The van der Waals surface area contributed by atoms with Crippen molar-refractivity contribution < 1.29 is 4.79 Å². The molecule has 0 spiro atoms. The Balaban J connectivity index is 1.41. The smallest absolute Gasteiger partial charge is 0.227 e. The Bertz CT molecular complexity index is 779. The largest absolute Gasteiger partial charge is 0.340 e. The van der Waals surface area contributed by atoms with E-state index in [4.69, 9.17) is 10.8 Å². The van der Waals surface area contributed by atoms with E-state index < -0.39 is 0 Å². The van der Waals surface area contributed by atoms with Gasteiger partial charge in [-0.15, -0.1) is 0 Å². The van der Waals surface area contributed by atoms with Crippen LogP contribution >= 0.6 is 0 Å². The predicted molar refractivity (Wildman–Crippen MR) is 101 cm³/mol. The molecule has 0 bridgehead atoms. The maximum atomic E-state index is 12.9. The van der Waals surface area contributed by atoms with Crippen LogP contribution in [0.3, 0.4) is 0 Å². The third kappa shape index (κ3) is 3.47. The molecular formula is C19H28N6O. The number of hydrogen-bond acceptors (Lipinski definition) is 5. The van der Waals surface area contributed by atoms with Crippen LogP contribution in [-0.2, 0) is 18.4 Å². The highest BCUT2D eigenvalue weighted by atomic mass is 16.2. The van der Waals surface area contributed by atoms with Crippen molar-refractivity contribution in [3.63, 3.8) is 0 Å². The predicted octanol–water partition coefficient (Wildman–Crippen LogP) is 0.803. The van der Waals surface area contributed by atoms with Gasteiger partial charge in [-0.25, -0.2) is 9.99 Å². The van der Waals surface area contributed by atoms with Crippen LogP contribution in [0.5, 0.6) is 0 Å². The van der Waals surface area contributed by atoms with Crippen LogP contribution in [0.2, 0.25) is 0 Å². The molecule has 2 N–H and O–H groups in total. The minimum atomic E-state index is 0.0998. The Labute approximate surface area is 154 Å². The zero-order chi connectivity index (χ0) is 18.1. The minimum Gasteiger partial charge on any atom is -0.340 e. The Morgan fingerprint density at radius 3 is 2.73 bits per heavy atom. The lowest BCUT2D eigenvalue weighted by atomic mass is 9.96. The van der Waals surface area contributed by atoms with Crippen molar-refractivity contribution in [1.29, 1.82) is 0 Å². The summed E-state index contributed by atoms with van der Waals surface area (Å²) in [6.45, 7) is 5.68. The SMILES string of the molecule is Cn1c(CN2CCC[C@H](C(=O)N3CCN(N)CC3)C2)nc2ccccc21. The second kappa shape index (κ2) is 7.34. The molecule has 1 atom stereocenters. The summed E-state index contributed by atoms with van der Waals surface area (Å²) in [5.41, 5.74) is 2.20. The third-order valence-electron chi connectivity index (χ3n) is 5.73. The fourth-order valence-corrected chi connectivity index (χ4v) is 4.14. The lowest BCUT2D eigenvalue weighted by Gasteiger charge is -2.37. The van der Waals surface area contributed by atoms with Crippen LogP contribution in [0.15, 0.2) is 24.3 Å². The van der Waals surface area contributed by atoms with E-state index in [-0.39, 0.29) is 5.92 Å². The topological polar surface area (TPSA) is 70.6 Å². The van der Waals surface area contributed by atoms with E-state index in [0.717, 1.165) is 75.5 Å². The Hall–Kier alpha value is -1.96. The highest BCUT2D eigenvalue weighted by Crippen LogP contribution is 2.22. The molecule has 3 heterocycles. The number of piperazine rings is 1. The van der Waals surface area contributed by atoms with E-state index in [1.807, 2.05) is 17.0 Å². The van der Waals surface area contributed by atoms with Gasteiger partial charge in [-0.3, -0.25) is 15.5 Å². The molecule has 2 aliphatic rings. The number of nitrogens with zero attached hydrogens (tertiary/aromatic N) is 5. The first-order valence-electron chi connectivity index (χ1n) is 9.53. The van der Waals surface area contributed by atoms with E-state index in [0.29, 0.717) is 5.91 Å². The first-order valence-corrected chi connectivity index (χ1v) is 9.53. The molecule has 1 aromatic carbocycles. The Kier molecular flexibility index (Phi) is 4.93. The summed E-state index contributed by atoms with van der Waals surface area (Å²) in [4.78, 5) is 22.0. The standard InChI is InChI=1S/C19H28N6O/c1-22-17-7-3-2-6-16(17)21-18(22)14-23-8-4-5-15(13-23)19(26)24-9-11-25(20)12-10-24/h2-3,6-7,15H,4-5,8-14,20H2,1H3/t15-/m0/s1. The van der Waals surface area contributed by atoms with Gasteiger partial charge in [0.1, 0.15) is 5.82 Å². The van der Waals surface area contributed by atoms with Crippen molar-refractivity contribution in [2.45, 2.75) is 19.4 Å². The molecule has 7 nitrogen and oxygen atoms in total. The van der Waals surface area contributed by atoms with Gasteiger partial charge in [-0.2, -0.15) is 0 Å². The average Bonchev–Trinajstić information content (AvgIpc) is 2.98. The van der Waals surface area contributed by atoms with E-state index in [1.54, 1.807) is 5.01 Å². The normalized spacial score (nSPS) is 22.8. The fourth-order valence-electron chi connectivity index (χ4n) is 4.14. The van der Waals surface area contributed by atoms with Gasteiger partial charge in [-0.05, 0) is 31.5 Å². The number of piperidine rings is 1. The lowest BCUT2D eigenvalue weighted by molar-refractivity contribution is -0.139. The number of hydrazine groups is 1. The molecule has 2 aromatic rings. The van der Waals surface area contributed by atoms with Crippen LogP contribution in [0.4, 0.5) is 0 Å². The Morgan fingerprint density at radius 1 is 1.19 bits per heavy atom. The highest BCUT2D eigenvalue weighted by Gasteiger charge is 2.31. The lowest BCUT2D eigenvalue weighted by Crippen LogP contribution is -2.54. The summed E-state index contributed by atoms with van der Waals surface area (Å²) in [5, 5.41) is 1.79. The molecule has 1 amide bonds. The third-order valence-corrected chi connectivity index (χ3v) is 5.73. The van der Waals surface area contributed by atoms with Gasteiger partial charge < -0.3 is 9.47 Å². The van der Waals surface area contributed by atoms with Crippen molar-refractivity contribution in [3.8, 4) is 0 Å². The van der Waals surface area contributed by atoms with Crippen LogP contribution in [0, 0.1) is 5.92 Å². The first-order chi connectivity index (χ1) is 12.6. The fraction of sp³-hybridized carbons (Fsp3) is 0.579. The summed E-state index contributed by atoms with van der Waals surface area (Å²) in [7, 11) is 2.07. The molecule has 2 aliphatic heterocycles. The minimum absolute atomic E-state index is 0.0998. The number of fused-ring (bicyclic) bond motifs is 1. The quantitative estimate of drug-likeness (QED) is 0.824. The van der Waals surface area contributed by atoms with E-state index >= 15 is 0 Å². The van der Waals surface area contributed by atoms with Crippen molar-refractivity contribution in [2.24, 2.45) is 18.8 Å². The van der Waals surface area contributed by atoms with Gasteiger partial charge in [0, 0.05) is 39.8 Å². The van der Waals surface area contributed by atoms with Crippen molar-refractivity contribution >= 4 is 16.9 Å². The van der Waals surface area contributed by atoms with Gasteiger partial charge in [0.05, 0.1) is 23.5 Å². The number of amides is 1. The van der Waals surface area contributed by atoms with Crippen molar-refractivity contribution in [3.05, 3.63) is 30.1 Å². The molecule has 0 radical (unpaired) electrons. The van der Waals surface area contributed by atoms with Crippen LogP contribution in [0.1, 0.15) is 18.7 Å². The van der Waals surface area contributed by atoms with Crippen molar-refractivity contribution in [2.75, 3.05) is 39.3 Å². The molecule has 7 heteroatoms. The second-order valence-corrected chi connectivity index (χ2v) is 7.51. The number of nitrogens with two attached hydrogens (primary N) is 1. The number of hydrogen-bond donors (Lipinski definition) is 1. The molecule has 26 heavy (non-hydrogen) atoms. The first kappa shape index (κ1) is 17.5. The summed E-state index contributed by atoms with van der Waals surface area (Å²) in [6.07, 6.45) is 2.05. The molecule has 2 fully saturated rings. The number of benzene rings is 1. The zero-order valence-electron chi connectivity index (χ0n) is 15.5. The summed E-state index contributed by atoms with van der Waals surface area (Å²) >= 11 is 0. The summed E-state index contributed by atoms with van der Waals surface area (Å²) in [6, 6.07) is 8.23. The van der Waals surface area contributed by atoms with Gasteiger partial charge in [0.15, 0.2) is 0 Å². The number of carbonyl (C=O) groups excluding carboxylic acids is 1. The monoisotopic (exact) mass is 356 g/mol. The van der Waals surface area contributed by atoms with E-state index in [1.165, 1.54) is 0 Å². The summed E-state index contributed by atoms with van der Waals surface area (Å²) in [5.74, 6) is 7.27. The van der Waals surface area contributed by atoms with Crippen LogP contribution in [0.25, 0.3) is 11.0 Å². The van der Waals surface area contributed by atoms with Gasteiger partial charge >= 0.3 is 0 Å². The molecule has 2 saturated heterocycles. The molecule has 4 rings (SSSR count). The maximum Gasteiger partial charge on any atom is 0.227 e. The molecule has 1 aromatic heterocycles. The average molecular weight is 356 g/mol. The molecule has 0 saturated carbocycles. The van der Waals surface area contributed by atoms with Crippen LogP contribution < -0.4 is 5.84 Å². The van der Waals surface area contributed by atoms with Crippen LogP contribution in [-0.4, -0.2) is 69.5 Å². The number of aromatic nitrogens is 2. The number of likely N-dealkylation sites (tertiary alicyclic amines) is 1. The molecular weight excluding hydrogens is 328 g/mol. The van der Waals surface area contributed by atoms with Crippen molar-refractivity contribution in [1.82, 2.24) is 24.4 Å². The highest BCUT2D eigenvalue weighted by molar-refractivity contribution is 5.79. The van der Waals surface area contributed by atoms with Gasteiger partial charge in [0.25, 0.3) is 0 Å². The maximum absolute atomic E-state index is 12.9. The molecule has 0 aliphatic carbocycles. The number of imidazole rings is 1. The number of rotatable bonds is 3. The molecule has 0 unspecified atom stereocenters. The van der Waals surface area contributed by atoms with Gasteiger partial charge in [-0.1, -0.05) is 12.1 Å². The number of para-hydroxylation sites is 2. The zero-order valence-corrected chi connectivity index (χ0v) is 15.5. The number of carbonyl (C=O) groups is 1. The van der Waals surface area contributed by atoms with E-state index in [2.05, 4.69) is 28.6 Å². The van der Waals surface area contributed by atoms with E-state index in [9.17, 15) is 4.79 Å². The second-order valence-electron chi connectivity index (χ2n) is 7.51. The number of aryl methyl sites for hydroxylation is 1.